The summed E-state index contributed by atoms with van der Waals surface area (Å²) in [6.45, 7) is 4.36. The average Bonchev–Trinajstić information content (AvgIpc) is 2.91. The van der Waals surface area contributed by atoms with Gasteiger partial charge in [0.25, 0.3) is 0 Å². The summed E-state index contributed by atoms with van der Waals surface area (Å²) in [5.74, 6) is -0.221. The minimum atomic E-state index is -3.36. The molecule has 23 heavy (non-hydrogen) atoms. The zero-order chi connectivity index (χ0) is 16.6. The number of hydrogen-bond acceptors (Lipinski definition) is 3. The van der Waals surface area contributed by atoms with Crippen LogP contribution in [-0.4, -0.2) is 41.8 Å². The highest BCUT2D eigenvalue weighted by atomic mass is 32.2. The Kier molecular flexibility index (Phi) is 4.19. The molecule has 1 N–H and O–H groups in total. The lowest BCUT2D eigenvalue weighted by atomic mass is 10.0. The van der Waals surface area contributed by atoms with Crippen molar-refractivity contribution >= 4 is 26.6 Å². The molecule has 0 aliphatic carbocycles. The quantitative estimate of drug-likeness (QED) is 0.932. The van der Waals surface area contributed by atoms with Crippen LogP contribution in [0.1, 0.15) is 31.5 Å². The monoisotopic (exact) mass is 334 g/mol. The van der Waals surface area contributed by atoms with Gasteiger partial charge in [0, 0.05) is 41.7 Å². The van der Waals surface area contributed by atoms with Crippen LogP contribution in [0.3, 0.4) is 0 Å². The Morgan fingerprint density at radius 2 is 2.09 bits per heavy atom. The van der Waals surface area contributed by atoms with E-state index < -0.39 is 15.1 Å². The van der Waals surface area contributed by atoms with Gasteiger partial charge >= 0.3 is 0 Å². The first-order valence-corrected chi connectivity index (χ1v) is 9.74. The third kappa shape index (κ3) is 2.87. The maximum atomic E-state index is 12.6. The third-order valence-electron chi connectivity index (χ3n) is 4.57. The molecule has 1 aromatic heterocycles. The van der Waals surface area contributed by atoms with Crippen molar-refractivity contribution in [3.8, 4) is 0 Å². The number of hydrogen-bond donors (Lipinski definition) is 1. The molecule has 1 amide bonds. The second kappa shape index (κ2) is 6.00. The largest absolute Gasteiger partial charge is 0.358 e. The SMILES string of the molecule is CCCS(=O)(=O)C(C)C(=O)N1CCc2[nH]c3ccccc3c2C1. The van der Waals surface area contributed by atoms with E-state index in [0.717, 1.165) is 28.6 Å². The zero-order valence-electron chi connectivity index (χ0n) is 13.5. The van der Waals surface area contributed by atoms with Crippen LogP contribution in [0.15, 0.2) is 24.3 Å². The minimum absolute atomic E-state index is 0.0616. The van der Waals surface area contributed by atoms with Gasteiger partial charge in [0.05, 0.1) is 5.75 Å². The Labute approximate surface area is 136 Å². The lowest BCUT2D eigenvalue weighted by molar-refractivity contribution is -0.131. The van der Waals surface area contributed by atoms with Crippen LogP contribution in [0.4, 0.5) is 0 Å². The number of sulfone groups is 1. The van der Waals surface area contributed by atoms with Crippen molar-refractivity contribution in [3.63, 3.8) is 0 Å². The number of nitrogens with zero attached hydrogens (tertiary/aromatic N) is 1. The van der Waals surface area contributed by atoms with Crippen molar-refractivity contribution in [1.29, 1.82) is 0 Å². The maximum Gasteiger partial charge on any atom is 0.240 e. The molecule has 1 aliphatic heterocycles. The molecule has 3 rings (SSSR count). The van der Waals surface area contributed by atoms with Crippen LogP contribution in [-0.2, 0) is 27.6 Å². The van der Waals surface area contributed by atoms with Crippen LogP contribution in [0.25, 0.3) is 10.9 Å². The first-order valence-electron chi connectivity index (χ1n) is 8.03. The van der Waals surface area contributed by atoms with Gasteiger partial charge in [-0.15, -0.1) is 0 Å². The summed E-state index contributed by atoms with van der Waals surface area (Å²) in [5.41, 5.74) is 3.33. The van der Waals surface area contributed by atoms with Gasteiger partial charge in [-0.2, -0.15) is 0 Å². The predicted octanol–water partition coefficient (Wildman–Crippen LogP) is 2.27. The second-order valence-corrected chi connectivity index (χ2v) is 8.59. The fourth-order valence-electron chi connectivity index (χ4n) is 3.23. The van der Waals surface area contributed by atoms with Gasteiger partial charge in [-0.3, -0.25) is 4.79 Å². The first kappa shape index (κ1) is 16.1. The van der Waals surface area contributed by atoms with Gasteiger partial charge in [0.2, 0.25) is 5.91 Å². The van der Waals surface area contributed by atoms with Gasteiger partial charge < -0.3 is 9.88 Å². The van der Waals surface area contributed by atoms with Gasteiger partial charge in [0.15, 0.2) is 9.84 Å². The van der Waals surface area contributed by atoms with Gasteiger partial charge in [-0.1, -0.05) is 25.1 Å². The summed E-state index contributed by atoms with van der Waals surface area (Å²) in [6, 6.07) is 8.02. The fraction of sp³-hybridized carbons (Fsp3) is 0.471. The molecular formula is C17H22N2O3S. The third-order valence-corrected chi connectivity index (χ3v) is 6.83. The lowest BCUT2D eigenvalue weighted by Gasteiger charge is -2.29. The summed E-state index contributed by atoms with van der Waals surface area (Å²) in [7, 11) is -3.36. The molecule has 124 valence electrons. The smallest absolute Gasteiger partial charge is 0.240 e. The minimum Gasteiger partial charge on any atom is -0.358 e. The van der Waals surface area contributed by atoms with E-state index in [2.05, 4.69) is 4.98 Å². The van der Waals surface area contributed by atoms with E-state index in [0.29, 0.717) is 19.5 Å². The number of aromatic amines is 1. The molecule has 6 heteroatoms. The van der Waals surface area contributed by atoms with Gasteiger partial charge in [0.1, 0.15) is 5.25 Å². The molecule has 1 unspecified atom stereocenters. The molecule has 1 atom stereocenters. The Morgan fingerprint density at radius 1 is 1.35 bits per heavy atom. The Hall–Kier alpha value is -1.82. The summed E-state index contributed by atoms with van der Waals surface area (Å²) in [4.78, 5) is 17.7. The molecule has 0 fully saturated rings. The number of benzene rings is 1. The van der Waals surface area contributed by atoms with Crippen molar-refractivity contribution in [2.75, 3.05) is 12.3 Å². The van der Waals surface area contributed by atoms with Crippen molar-refractivity contribution in [3.05, 3.63) is 35.5 Å². The van der Waals surface area contributed by atoms with E-state index in [1.54, 1.807) is 4.90 Å². The Morgan fingerprint density at radius 3 is 2.83 bits per heavy atom. The maximum absolute atomic E-state index is 12.6. The number of carbonyl (C=O) groups is 1. The molecule has 2 heterocycles. The zero-order valence-corrected chi connectivity index (χ0v) is 14.3. The summed E-state index contributed by atoms with van der Waals surface area (Å²) < 4.78 is 24.3. The highest BCUT2D eigenvalue weighted by Crippen LogP contribution is 2.28. The molecule has 0 radical (unpaired) electrons. The van der Waals surface area contributed by atoms with Crippen LogP contribution >= 0.6 is 0 Å². The standard InChI is InChI=1S/C17H22N2O3S/c1-3-10-23(21,22)12(2)17(20)19-9-8-16-14(11-19)13-6-4-5-7-15(13)18-16/h4-7,12,18H,3,8-11H2,1-2H3. The molecule has 2 aromatic rings. The number of carbonyl (C=O) groups excluding carboxylic acids is 1. The Bertz CT molecular complexity index is 839. The van der Waals surface area contributed by atoms with E-state index in [1.165, 1.54) is 6.92 Å². The number of aromatic nitrogens is 1. The molecule has 0 saturated heterocycles. The van der Waals surface area contributed by atoms with Crippen molar-refractivity contribution < 1.29 is 13.2 Å². The van der Waals surface area contributed by atoms with E-state index in [1.807, 2.05) is 31.2 Å². The normalized spacial score (nSPS) is 16.3. The van der Waals surface area contributed by atoms with E-state index in [9.17, 15) is 13.2 Å². The fourth-order valence-corrected chi connectivity index (χ4v) is 4.61. The molecule has 1 aliphatic rings. The number of H-pyrrole nitrogens is 1. The van der Waals surface area contributed by atoms with E-state index in [-0.39, 0.29) is 11.7 Å². The number of amides is 1. The van der Waals surface area contributed by atoms with Crippen molar-refractivity contribution in [2.24, 2.45) is 0 Å². The highest BCUT2D eigenvalue weighted by Gasteiger charge is 2.33. The van der Waals surface area contributed by atoms with Crippen LogP contribution in [0.5, 0.6) is 0 Å². The summed E-state index contributed by atoms with van der Waals surface area (Å²) in [6.07, 6.45) is 1.27. The lowest BCUT2D eigenvalue weighted by Crippen LogP contribution is -2.44. The average molecular weight is 334 g/mol. The molecule has 0 spiro atoms. The summed E-state index contributed by atoms with van der Waals surface area (Å²) in [5, 5.41) is 0.151. The summed E-state index contributed by atoms with van der Waals surface area (Å²) >= 11 is 0. The van der Waals surface area contributed by atoms with Crippen LogP contribution in [0.2, 0.25) is 0 Å². The number of nitrogens with one attached hydrogen (secondary N) is 1. The molecule has 5 nitrogen and oxygen atoms in total. The number of para-hydroxylation sites is 1. The highest BCUT2D eigenvalue weighted by molar-refractivity contribution is 7.92. The van der Waals surface area contributed by atoms with E-state index in [4.69, 9.17) is 0 Å². The van der Waals surface area contributed by atoms with Crippen LogP contribution in [0, 0.1) is 0 Å². The topological polar surface area (TPSA) is 70.2 Å². The van der Waals surface area contributed by atoms with Gasteiger partial charge in [-0.25, -0.2) is 8.42 Å². The molecular weight excluding hydrogens is 312 g/mol. The number of rotatable bonds is 4. The van der Waals surface area contributed by atoms with Crippen LogP contribution < -0.4 is 0 Å². The number of fused-ring (bicyclic) bond motifs is 3. The van der Waals surface area contributed by atoms with Gasteiger partial charge in [-0.05, 0) is 19.4 Å². The molecule has 1 aromatic carbocycles. The molecule has 0 saturated carbocycles. The Balaban J connectivity index is 1.85. The first-order chi connectivity index (χ1) is 10.9. The van der Waals surface area contributed by atoms with Crippen molar-refractivity contribution in [2.45, 2.75) is 38.5 Å². The predicted molar refractivity (Wildman–Crippen MR) is 91.0 cm³/mol. The van der Waals surface area contributed by atoms with Crippen molar-refractivity contribution in [1.82, 2.24) is 9.88 Å². The molecule has 0 bridgehead atoms. The van der Waals surface area contributed by atoms with E-state index >= 15 is 0 Å². The second-order valence-electron chi connectivity index (χ2n) is 6.15.